The average molecular weight is 306 g/mol. The van der Waals surface area contributed by atoms with Gasteiger partial charge in [0.25, 0.3) is 0 Å². The molecular weight excluding hydrogens is 286 g/mol. The van der Waals surface area contributed by atoms with Gasteiger partial charge in [-0.15, -0.1) is 0 Å². The predicted molar refractivity (Wildman–Crippen MR) is 87.5 cm³/mol. The Morgan fingerprint density at radius 2 is 2.10 bits per heavy atom. The van der Waals surface area contributed by atoms with Gasteiger partial charge in [0, 0.05) is 44.7 Å². The second-order valence-electron chi connectivity index (χ2n) is 4.89. The van der Waals surface area contributed by atoms with Crippen LogP contribution in [0.5, 0.6) is 11.6 Å². The van der Waals surface area contributed by atoms with Crippen LogP contribution in [0.1, 0.15) is 12.5 Å². The van der Waals surface area contributed by atoms with Gasteiger partial charge < -0.3 is 15.0 Å². The molecule has 0 bridgehead atoms. The number of anilines is 1. The second-order valence-corrected chi connectivity index (χ2v) is 5.30. The van der Waals surface area contributed by atoms with Gasteiger partial charge in [-0.3, -0.25) is 0 Å². The van der Waals surface area contributed by atoms with Crippen LogP contribution in [0, 0.1) is 0 Å². The van der Waals surface area contributed by atoms with Crippen LogP contribution in [0.15, 0.2) is 36.5 Å². The molecule has 0 unspecified atom stereocenters. The Balaban J connectivity index is 2.17. The molecule has 0 aliphatic heterocycles. The van der Waals surface area contributed by atoms with E-state index in [1.165, 1.54) is 0 Å². The van der Waals surface area contributed by atoms with Gasteiger partial charge in [0.2, 0.25) is 5.88 Å². The van der Waals surface area contributed by atoms with Crippen LogP contribution in [0.25, 0.3) is 0 Å². The van der Waals surface area contributed by atoms with Crippen molar-refractivity contribution in [2.24, 2.45) is 0 Å². The van der Waals surface area contributed by atoms with Crippen molar-refractivity contribution in [3.8, 4) is 11.6 Å². The van der Waals surface area contributed by atoms with E-state index in [1.54, 1.807) is 6.20 Å². The maximum Gasteiger partial charge on any atom is 0.219 e. The number of aromatic nitrogens is 1. The number of nitrogens with zero attached hydrogens (tertiary/aromatic N) is 2. The number of hydrogen-bond acceptors (Lipinski definition) is 4. The summed E-state index contributed by atoms with van der Waals surface area (Å²) in [6.45, 7) is 3.64. The first-order valence-electron chi connectivity index (χ1n) is 6.90. The number of rotatable bonds is 6. The first kappa shape index (κ1) is 15.6. The van der Waals surface area contributed by atoms with Crippen molar-refractivity contribution in [3.63, 3.8) is 0 Å². The lowest BCUT2D eigenvalue weighted by Crippen LogP contribution is -2.12. The standard InChI is InChI=1S/C16H20ClN3O/c1-4-18-10-12-8-16(19-11-15(12)17)21-14-7-5-6-13(9-14)20(2)3/h5-9,11,18H,4,10H2,1-3H3. The maximum absolute atomic E-state index is 6.14. The SMILES string of the molecule is CCNCc1cc(Oc2cccc(N(C)C)c2)ncc1Cl. The highest BCUT2D eigenvalue weighted by Gasteiger charge is 2.06. The Kier molecular flexibility index (Phi) is 5.42. The zero-order valence-corrected chi connectivity index (χ0v) is 13.3. The van der Waals surface area contributed by atoms with E-state index in [0.29, 0.717) is 17.4 Å². The molecule has 0 amide bonds. The minimum atomic E-state index is 0.545. The van der Waals surface area contributed by atoms with E-state index in [4.69, 9.17) is 16.3 Å². The Morgan fingerprint density at radius 3 is 2.81 bits per heavy atom. The number of benzene rings is 1. The molecule has 1 aromatic heterocycles. The minimum absolute atomic E-state index is 0.545. The highest BCUT2D eigenvalue weighted by molar-refractivity contribution is 6.31. The second kappa shape index (κ2) is 7.29. The summed E-state index contributed by atoms with van der Waals surface area (Å²) >= 11 is 6.14. The van der Waals surface area contributed by atoms with Crippen LogP contribution < -0.4 is 15.0 Å². The smallest absolute Gasteiger partial charge is 0.219 e. The topological polar surface area (TPSA) is 37.4 Å². The molecule has 0 aliphatic rings. The van der Waals surface area contributed by atoms with E-state index < -0.39 is 0 Å². The first-order valence-corrected chi connectivity index (χ1v) is 7.28. The summed E-state index contributed by atoms with van der Waals surface area (Å²) in [6.07, 6.45) is 1.62. The van der Waals surface area contributed by atoms with Gasteiger partial charge in [-0.2, -0.15) is 0 Å². The summed E-state index contributed by atoms with van der Waals surface area (Å²) in [6, 6.07) is 9.74. The fourth-order valence-corrected chi connectivity index (χ4v) is 2.03. The lowest BCUT2D eigenvalue weighted by atomic mass is 10.2. The molecule has 4 nitrogen and oxygen atoms in total. The molecule has 1 heterocycles. The van der Waals surface area contributed by atoms with Gasteiger partial charge in [0.05, 0.1) is 5.02 Å². The summed E-state index contributed by atoms with van der Waals surface area (Å²) in [4.78, 5) is 6.25. The van der Waals surface area contributed by atoms with Gasteiger partial charge in [0.1, 0.15) is 5.75 Å². The van der Waals surface area contributed by atoms with Gasteiger partial charge >= 0.3 is 0 Å². The normalized spacial score (nSPS) is 10.5. The molecule has 5 heteroatoms. The summed E-state index contributed by atoms with van der Waals surface area (Å²) in [5.41, 5.74) is 2.06. The summed E-state index contributed by atoms with van der Waals surface area (Å²) in [5.74, 6) is 1.30. The third kappa shape index (κ3) is 4.34. The highest BCUT2D eigenvalue weighted by Crippen LogP contribution is 2.26. The molecule has 2 aromatic rings. The lowest BCUT2D eigenvalue weighted by Gasteiger charge is -2.14. The molecule has 0 saturated heterocycles. The lowest BCUT2D eigenvalue weighted by molar-refractivity contribution is 0.462. The Bertz CT molecular complexity index is 602. The quantitative estimate of drug-likeness (QED) is 0.883. The molecule has 0 radical (unpaired) electrons. The van der Waals surface area contributed by atoms with E-state index in [2.05, 4.69) is 17.2 Å². The molecule has 0 saturated carbocycles. The van der Waals surface area contributed by atoms with Crippen LogP contribution >= 0.6 is 11.6 Å². The van der Waals surface area contributed by atoms with Crippen molar-refractivity contribution in [2.45, 2.75) is 13.5 Å². The van der Waals surface area contributed by atoms with Crippen molar-refractivity contribution < 1.29 is 4.74 Å². The molecule has 0 atom stereocenters. The van der Waals surface area contributed by atoms with Gasteiger partial charge in [-0.05, 0) is 24.2 Å². The van der Waals surface area contributed by atoms with Gasteiger partial charge in [-0.1, -0.05) is 24.6 Å². The molecule has 2 rings (SSSR count). The van der Waals surface area contributed by atoms with Crippen LogP contribution in [-0.4, -0.2) is 25.6 Å². The van der Waals surface area contributed by atoms with Crippen molar-refractivity contribution in [3.05, 3.63) is 47.1 Å². The van der Waals surface area contributed by atoms with Gasteiger partial charge in [0.15, 0.2) is 0 Å². The molecule has 21 heavy (non-hydrogen) atoms. The van der Waals surface area contributed by atoms with E-state index in [1.807, 2.05) is 49.3 Å². The van der Waals surface area contributed by atoms with Crippen molar-refractivity contribution in [2.75, 3.05) is 25.5 Å². The average Bonchev–Trinajstić information content (AvgIpc) is 2.48. The van der Waals surface area contributed by atoms with Crippen molar-refractivity contribution in [1.82, 2.24) is 10.3 Å². The van der Waals surface area contributed by atoms with Crippen LogP contribution in [-0.2, 0) is 6.54 Å². The van der Waals surface area contributed by atoms with E-state index >= 15 is 0 Å². The number of ether oxygens (including phenoxy) is 1. The highest BCUT2D eigenvalue weighted by atomic mass is 35.5. The van der Waals surface area contributed by atoms with E-state index in [9.17, 15) is 0 Å². The van der Waals surface area contributed by atoms with Crippen molar-refractivity contribution >= 4 is 17.3 Å². The van der Waals surface area contributed by atoms with Gasteiger partial charge in [-0.25, -0.2) is 4.98 Å². The maximum atomic E-state index is 6.14. The Morgan fingerprint density at radius 1 is 1.29 bits per heavy atom. The summed E-state index contributed by atoms with van der Waals surface area (Å²) in [7, 11) is 3.99. The summed E-state index contributed by atoms with van der Waals surface area (Å²) < 4.78 is 5.82. The molecule has 0 spiro atoms. The van der Waals surface area contributed by atoms with E-state index in [-0.39, 0.29) is 0 Å². The zero-order valence-electron chi connectivity index (χ0n) is 12.6. The molecule has 112 valence electrons. The molecule has 0 aliphatic carbocycles. The minimum Gasteiger partial charge on any atom is -0.439 e. The first-order chi connectivity index (χ1) is 10.1. The number of hydrogen-bond donors (Lipinski definition) is 1. The Labute approximate surface area is 130 Å². The fraction of sp³-hybridized carbons (Fsp3) is 0.312. The van der Waals surface area contributed by atoms with E-state index in [0.717, 1.165) is 23.5 Å². The number of halogens is 1. The third-order valence-corrected chi connectivity index (χ3v) is 3.37. The third-order valence-electron chi connectivity index (χ3n) is 3.03. The molecule has 1 aromatic carbocycles. The molecular formula is C16H20ClN3O. The van der Waals surface area contributed by atoms with Crippen molar-refractivity contribution in [1.29, 1.82) is 0 Å². The summed E-state index contributed by atoms with van der Waals surface area (Å²) in [5, 5.41) is 3.89. The monoisotopic (exact) mass is 305 g/mol. The number of nitrogens with one attached hydrogen (secondary N) is 1. The molecule has 1 N–H and O–H groups in total. The predicted octanol–water partition coefficient (Wildman–Crippen LogP) is 3.70. The fourth-order valence-electron chi connectivity index (χ4n) is 1.86. The number of pyridine rings is 1. The largest absolute Gasteiger partial charge is 0.439 e. The Hall–Kier alpha value is -1.78. The van der Waals surface area contributed by atoms with Crippen LogP contribution in [0.2, 0.25) is 5.02 Å². The van der Waals surface area contributed by atoms with Crippen LogP contribution in [0.3, 0.4) is 0 Å². The van der Waals surface area contributed by atoms with Crippen LogP contribution in [0.4, 0.5) is 5.69 Å². The molecule has 0 fully saturated rings. The zero-order chi connectivity index (χ0) is 15.2.